The first-order chi connectivity index (χ1) is 9.33. The Morgan fingerprint density at radius 2 is 1.80 bits per heavy atom. The molecule has 0 fully saturated rings. The quantitative estimate of drug-likeness (QED) is 0.584. The minimum absolute atomic E-state index is 0. The Morgan fingerprint density at radius 1 is 1.00 bits per heavy atom. The summed E-state index contributed by atoms with van der Waals surface area (Å²) in [5, 5.41) is 17.4. The van der Waals surface area contributed by atoms with Crippen LogP contribution in [0.3, 0.4) is 0 Å². The molecule has 0 aliphatic heterocycles. The Kier molecular flexibility index (Phi) is 4.22. The Bertz CT molecular complexity index is 706. The Morgan fingerprint density at radius 3 is 2.55 bits per heavy atom. The topological polar surface area (TPSA) is 62.8 Å². The van der Waals surface area contributed by atoms with E-state index >= 15 is 0 Å². The first-order valence-electron chi connectivity index (χ1n) is 5.79. The van der Waals surface area contributed by atoms with Crippen LogP contribution in [0, 0.1) is 0 Å². The second kappa shape index (κ2) is 6.08. The molecule has 0 aliphatic carbocycles. The smallest absolute Gasteiger partial charge is 0.460 e. The molecule has 6 heteroatoms. The molecule has 0 amide bonds. The normalized spacial score (nSPS) is 9.80. The second-order valence-corrected chi connectivity index (χ2v) is 3.98. The standard InChI is InChI=1S/C14H10N4O.ClH/c19-12-7-4-8-18(10-12)14-16-13(9-15-17-14)11-5-2-1-3-6-11;/h1-10H;1H. The van der Waals surface area contributed by atoms with Crippen LogP contribution in [0.4, 0.5) is 0 Å². The van der Waals surface area contributed by atoms with E-state index in [1.807, 2.05) is 30.3 Å². The van der Waals surface area contributed by atoms with Crippen LogP contribution >= 0.6 is 0 Å². The number of pyridine rings is 1. The Balaban J connectivity index is 0.00000147. The lowest BCUT2D eigenvalue weighted by Gasteiger charge is -1.98. The predicted octanol–water partition coefficient (Wildman–Crippen LogP) is -1.48. The van der Waals surface area contributed by atoms with Gasteiger partial charge in [0.2, 0.25) is 0 Å². The van der Waals surface area contributed by atoms with Crippen LogP contribution in [0.2, 0.25) is 0 Å². The molecule has 0 aliphatic rings. The molecule has 3 rings (SSSR count). The second-order valence-electron chi connectivity index (χ2n) is 3.98. The van der Waals surface area contributed by atoms with Gasteiger partial charge in [-0.15, -0.1) is 0 Å². The van der Waals surface area contributed by atoms with Crippen molar-refractivity contribution in [3.8, 4) is 23.0 Å². The SMILES string of the molecule is Oc1ccc[n+](-c2nncc(-c3ccccc3)n2)c1.[Cl-]. The van der Waals surface area contributed by atoms with Gasteiger partial charge < -0.3 is 17.5 Å². The molecule has 0 bridgehead atoms. The molecule has 0 radical (unpaired) electrons. The van der Waals surface area contributed by atoms with Gasteiger partial charge in [-0.2, -0.15) is 0 Å². The lowest BCUT2D eigenvalue weighted by atomic mass is 10.2. The summed E-state index contributed by atoms with van der Waals surface area (Å²) in [7, 11) is 0. The van der Waals surface area contributed by atoms with Crippen LogP contribution in [0.1, 0.15) is 0 Å². The average Bonchev–Trinajstić information content (AvgIpc) is 2.48. The minimum Gasteiger partial charge on any atom is -1.00 e. The summed E-state index contributed by atoms with van der Waals surface area (Å²) in [5.74, 6) is 0.563. The number of benzene rings is 1. The molecule has 1 aromatic carbocycles. The van der Waals surface area contributed by atoms with Crippen LogP contribution < -0.4 is 17.0 Å². The molecule has 100 valence electrons. The maximum atomic E-state index is 9.46. The van der Waals surface area contributed by atoms with Gasteiger partial charge in [0.15, 0.2) is 5.69 Å². The summed E-state index contributed by atoms with van der Waals surface area (Å²) in [4.78, 5) is 4.43. The number of aromatic nitrogens is 4. The fraction of sp³-hybridized carbons (Fsp3) is 0. The highest BCUT2D eigenvalue weighted by molar-refractivity contribution is 5.57. The number of hydrogen-bond acceptors (Lipinski definition) is 4. The molecule has 1 N–H and O–H groups in total. The van der Waals surface area contributed by atoms with Crippen molar-refractivity contribution in [1.29, 1.82) is 0 Å². The van der Waals surface area contributed by atoms with Gasteiger partial charge in [0, 0.05) is 10.7 Å². The largest absolute Gasteiger partial charge is 1.00 e. The molecule has 0 atom stereocenters. The summed E-state index contributed by atoms with van der Waals surface area (Å²) in [6.45, 7) is 0. The molecular formula is C14H11ClN4O. The van der Waals surface area contributed by atoms with Crippen LogP contribution in [-0.4, -0.2) is 20.3 Å². The van der Waals surface area contributed by atoms with Crippen molar-refractivity contribution in [2.75, 3.05) is 0 Å². The zero-order chi connectivity index (χ0) is 13.1. The summed E-state index contributed by atoms with van der Waals surface area (Å²) >= 11 is 0. The van der Waals surface area contributed by atoms with E-state index in [-0.39, 0.29) is 18.2 Å². The van der Waals surface area contributed by atoms with E-state index in [4.69, 9.17) is 0 Å². The number of nitrogens with zero attached hydrogens (tertiary/aromatic N) is 4. The summed E-state index contributed by atoms with van der Waals surface area (Å²) in [6, 6.07) is 13.1. The third-order valence-electron chi connectivity index (χ3n) is 2.63. The van der Waals surface area contributed by atoms with Crippen LogP contribution in [0.25, 0.3) is 17.2 Å². The lowest BCUT2D eigenvalue weighted by molar-refractivity contribution is -0.604. The van der Waals surface area contributed by atoms with Crippen molar-refractivity contribution in [3.63, 3.8) is 0 Å². The monoisotopic (exact) mass is 286 g/mol. The van der Waals surface area contributed by atoms with E-state index in [9.17, 15) is 5.11 Å². The van der Waals surface area contributed by atoms with Gasteiger partial charge in [0.05, 0.1) is 6.20 Å². The van der Waals surface area contributed by atoms with E-state index in [1.54, 1.807) is 29.1 Å². The maximum Gasteiger partial charge on any atom is 0.460 e. The van der Waals surface area contributed by atoms with E-state index in [2.05, 4.69) is 15.2 Å². The first kappa shape index (κ1) is 13.9. The average molecular weight is 287 g/mol. The highest BCUT2D eigenvalue weighted by atomic mass is 35.5. The van der Waals surface area contributed by atoms with Gasteiger partial charge in [-0.25, -0.2) is 4.57 Å². The van der Waals surface area contributed by atoms with Crippen LogP contribution in [-0.2, 0) is 0 Å². The fourth-order valence-electron chi connectivity index (χ4n) is 1.74. The molecule has 5 nitrogen and oxygen atoms in total. The molecule has 0 spiro atoms. The van der Waals surface area contributed by atoms with Crippen molar-refractivity contribution < 1.29 is 22.1 Å². The van der Waals surface area contributed by atoms with Crippen molar-refractivity contribution in [1.82, 2.24) is 15.2 Å². The number of aromatic hydroxyl groups is 1. The number of halogens is 1. The van der Waals surface area contributed by atoms with Crippen molar-refractivity contribution in [3.05, 3.63) is 61.1 Å². The minimum atomic E-state index is 0. The van der Waals surface area contributed by atoms with Gasteiger partial charge >= 0.3 is 5.95 Å². The van der Waals surface area contributed by atoms with E-state index in [0.29, 0.717) is 5.95 Å². The first-order valence-corrected chi connectivity index (χ1v) is 5.79. The molecule has 20 heavy (non-hydrogen) atoms. The molecule has 0 unspecified atom stereocenters. The predicted molar refractivity (Wildman–Crippen MR) is 68.5 cm³/mol. The molecule has 2 heterocycles. The lowest BCUT2D eigenvalue weighted by Crippen LogP contribution is -3.00. The van der Waals surface area contributed by atoms with Crippen molar-refractivity contribution in [2.45, 2.75) is 0 Å². The molecule has 0 saturated heterocycles. The van der Waals surface area contributed by atoms with E-state index in [1.165, 1.54) is 6.20 Å². The maximum absolute atomic E-state index is 9.46. The zero-order valence-corrected chi connectivity index (χ0v) is 11.1. The Hall–Kier alpha value is -2.53. The number of rotatable bonds is 2. The Labute approximate surface area is 122 Å². The number of hydrogen-bond donors (Lipinski definition) is 1. The molecule has 2 aromatic heterocycles. The zero-order valence-electron chi connectivity index (χ0n) is 10.4. The van der Waals surface area contributed by atoms with Crippen LogP contribution in [0.15, 0.2) is 61.1 Å². The van der Waals surface area contributed by atoms with Gasteiger partial charge in [-0.05, 0) is 12.1 Å². The summed E-state index contributed by atoms with van der Waals surface area (Å²) in [6.07, 6.45) is 4.90. The van der Waals surface area contributed by atoms with Gasteiger partial charge in [0.1, 0.15) is 18.1 Å². The van der Waals surface area contributed by atoms with Gasteiger partial charge in [-0.3, -0.25) is 0 Å². The fourth-order valence-corrected chi connectivity index (χ4v) is 1.74. The highest BCUT2D eigenvalue weighted by Crippen LogP contribution is 2.14. The van der Waals surface area contributed by atoms with Gasteiger partial charge in [-0.1, -0.05) is 40.4 Å². The van der Waals surface area contributed by atoms with Crippen molar-refractivity contribution >= 4 is 0 Å². The molecule has 0 saturated carbocycles. The van der Waals surface area contributed by atoms with Crippen LogP contribution in [0.5, 0.6) is 5.75 Å². The highest BCUT2D eigenvalue weighted by Gasteiger charge is 2.14. The third-order valence-corrected chi connectivity index (χ3v) is 2.63. The van der Waals surface area contributed by atoms with E-state index < -0.39 is 0 Å². The molecule has 3 aromatic rings. The molecular weight excluding hydrogens is 276 g/mol. The summed E-state index contributed by atoms with van der Waals surface area (Å²) in [5.41, 5.74) is 1.71. The summed E-state index contributed by atoms with van der Waals surface area (Å²) < 4.78 is 1.62. The van der Waals surface area contributed by atoms with Crippen molar-refractivity contribution in [2.24, 2.45) is 0 Å². The van der Waals surface area contributed by atoms with Gasteiger partial charge in [0.25, 0.3) is 0 Å². The third kappa shape index (κ3) is 2.89. The van der Waals surface area contributed by atoms with E-state index in [0.717, 1.165) is 11.3 Å².